The number of anilines is 1. The minimum absolute atomic E-state index is 0.0475. The van der Waals surface area contributed by atoms with Crippen LogP contribution in [0.5, 0.6) is 0 Å². The van der Waals surface area contributed by atoms with Gasteiger partial charge in [0.1, 0.15) is 0 Å². The van der Waals surface area contributed by atoms with Gasteiger partial charge >= 0.3 is 0 Å². The number of Topliss-reactive ketones (excluding diaryl/α,β-unsaturated/α-hetero) is 1. The van der Waals surface area contributed by atoms with E-state index in [1.54, 1.807) is 30.3 Å². The van der Waals surface area contributed by atoms with E-state index in [2.05, 4.69) is 9.97 Å². The summed E-state index contributed by atoms with van der Waals surface area (Å²) in [7, 11) is -3.50. The predicted octanol–water partition coefficient (Wildman–Crippen LogP) is 3.99. The molecule has 1 heterocycles. The van der Waals surface area contributed by atoms with Crippen LogP contribution in [0.15, 0.2) is 65.8 Å². The molecule has 1 amide bonds. The maximum absolute atomic E-state index is 13.1. The predicted molar refractivity (Wildman–Crippen MR) is 118 cm³/mol. The number of rotatable bonds is 7. The fourth-order valence-corrected chi connectivity index (χ4v) is 3.76. The first-order valence-corrected chi connectivity index (χ1v) is 11.6. The van der Waals surface area contributed by atoms with Gasteiger partial charge in [-0.3, -0.25) is 9.59 Å². The zero-order chi connectivity index (χ0) is 22.6. The number of ketones is 1. The first kappa shape index (κ1) is 22.9. The van der Waals surface area contributed by atoms with Crippen molar-refractivity contribution in [3.63, 3.8) is 0 Å². The highest BCUT2D eigenvalue weighted by molar-refractivity contribution is 7.90. The minimum Gasteiger partial charge on any atom is -0.308 e. The Kier molecular flexibility index (Phi) is 7.04. The number of halogens is 2. The molecule has 0 N–H and O–H groups in total. The molecule has 160 valence electrons. The van der Waals surface area contributed by atoms with E-state index in [4.69, 9.17) is 23.2 Å². The van der Waals surface area contributed by atoms with Gasteiger partial charge in [0, 0.05) is 24.3 Å². The molecule has 3 rings (SSSR count). The standard InChI is InChI=1S/C21H17Cl2N3O4S/c1-31(29,30)16-5-2-4-15(11-16)26(13-14-6-7-17(22)18(23)10-14)20(28)12-19(27)21-24-8-3-9-25-21/h2-11H,12-13H2,1H3. The fraction of sp³-hybridized carbons (Fsp3) is 0.143. The summed E-state index contributed by atoms with van der Waals surface area (Å²) in [4.78, 5) is 34.7. The number of hydrogen-bond acceptors (Lipinski definition) is 6. The average molecular weight is 478 g/mol. The summed E-state index contributed by atoms with van der Waals surface area (Å²) in [6, 6.07) is 12.4. The second-order valence-corrected chi connectivity index (χ2v) is 9.50. The molecule has 0 atom stereocenters. The van der Waals surface area contributed by atoms with Gasteiger partial charge in [-0.1, -0.05) is 35.3 Å². The van der Waals surface area contributed by atoms with Crippen molar-refractivity contribution in [3.8, 4) is 0 Å². The summed E-state index contributed by atoms with van der Waals surface area (Å²) in [6.07, 6.45) is 3.41. The van der Waals surface area contributed by atoms with Crippen molar-refractivity contribution in [2.75, 3.05) is 11.2 Å². The third-order valence-corrected chi connectivity index (χ3v) is 6.16. The second-order valence-electron chi connectivity index (χ2n) is 6.67. The van der Waals surface area contributed by atoms with Gasteiger partial charge in [-0.25, -0.2) is 18.4 Å². The van der Waals surface area contributed by atoms with Crippen molar-refractivity contribution in [3.05, 3.63) is 82.4 Å². The van der Waals surface area contributed by atoms with Crippen LogP contribution < -0.4 is 4.90 Å². The molecule has 7 nitrogen and oxygen atoms in total. The Morgan fingerprint density at radius 2 is 1.68 bits per heavy atom. The molecule has 0 spiro atoms. The van der Waals surface area contributed by atoms with Crippen molar-refractivity contribution >= 4 is 50.4 Å². The lowest BCUT2D eigenvalue weighted by Gasteiger charge is -2.23. The molecule has 3 aromatic rings. The number of aromatic nitrogens is 2. The summed E-state index contributed by atoms with van der Waals surface area (Å²) in [5, 5.41) is 0.670. The molecule has 0 unspecified atom stereocenters. The molecule has 10 heteroatoms. The van der Waals surface area contributed by atoms with E-state index in [9.17, 15) is 18.0 Å². The Bertz CT molecular complexity index is 1230. The lowest BCUT2D eigenvalue weighted by Crippen LogP contribution is -2.32. The fourth-order valence-electron chi connectivity index (χ4n) is 2.78. The third-order valence-electron chi connectivity index (χ3n) is 4.31. The van der Waals surface area contributed by atoms with Gasteiger partial charge in [0.15, 0.2) is 15.7 Å². The first-order chi connectivity index (χ1) is 14.6. The maximum atomic E-state index is 13.1. The maximum Gasteiger partial charge on any atom is 0.235 e. The van der Waals surface area contributed by atoms with Crippen LogP contribution in [0.3, 0.4) is 0 Å². The van der Waals surface area contributed by atoms with Gasteiger partial charge < -0.3 is 4.90 Å². The summed E-state index contributed by atoms with van der Waals surface area (Å²) in [6.45, 7) is 0.0475. The zero-order valence-electron chi connectivity index (χ0n) is 16.3. The molecule has 0 radical (unpaired) electrons. The van der Waals surface area contributed by atoms with Crippen molar-refractivity contribution in [1.29, 1.82) is 0 Å². The van der Waals surface area contributed by atoms with E-state index >= 15 is 0 Å². The minimum atomic E-state index is -3.50. The largest absolute Gasteiger partial charge is 0.308 e. The van der Waals surface area contributed by atoms with E-state index in [0.29, 0.717) is 21.3 Å². The molecular formula is C21H17Cl2N3O4S. The molecule has 0 fully saturated rings. The van der Waals surface area contributed by atoms with Crippen molar-refractivity contribution in [2.24, 2.45) is 0 Å². The molecule has 1 aromatic heterocycles. The van der Waals surface area contributed by atoms with Crippen LogP contribution in [0.1, 0.15) is 22.6 Å². The molecule has 2 aromatic carbocycles. The molecule has 0 aliphatic heterocycles. The summed E-state index contributed by atoms with van der Waals surface area (Å²) >= 11 is 12.1. The molecule has 0 bridgehead atoms. The van der Waals surface area contributed by atoms with E-state index in [1.165, 1.54) is 35.5 Å². The Morgan fingerprint density at radius 1 is 0.968 bits per heavy atom. The topological polar surface area (TPSA) is 97.3 Å². The Labute approximate surface area is 189 Å². The number of nitrogens with zero attached hydrogens (tertiary/aromatic N) is 3. The van der Waals surface area contributed by atoms with Crippen LogP contribution in [0.4, 0.5) is 5.69 Å². The second kappa shape index (κ2) is 9.55. The van der Waals surface area contributed by atoms with E-state index in [0.717, 1.165) is 6.26 Å². The van der Waals surface area contributed by atoms with Gasteiger partial charge in [0.25, 0.3) is 0 Å². The van der Waals surface area contributed by atoms with E-state index < -0.39 is 27.9 Å². The molecule has 0 aliphatic rings. The van der Waals surface area contributed by atoms with Crippen LogP contribution in [0, 0.1) is 0 Å². The molecule has 31 heavy (non-hydrogen) atoms. The quantitative estimate of drug-likeness (QED) is 0.376. The zero-order valence-corrected chi connectivity index (χ0v) is 18.7. The lowest BCUT2D eigenvalue weighted by atomic mass is 10.1. The Balaban J connectivity index is 1.96. The number of amides is 1. The highest BCUT2D eigenvalue weighted by Gasteiger charge is 2.23. The van der Waals surface area contributed by atoms with Gasteiger partial charge in [-0.2, -0.15) is 0 Å². The van der Waals surface area contributed by atoms with Crippen LogP contribution in [0.2, 0.25) is 10.0 Å². The number of sulfone groups is 1. The number of carbonyl (C=O) groups excluding carboxylic acids is 2. The number of hydrogen-bond donors (Lipinski definition) is 0. The van der Waals surface area contributed by atoms with Crippen molar-refractivity contribution in [2.45, 2.75) is 17.9 Å². The summed E-state index contributed by atoms with van der Waals surface area (Å²) in [5.41, 5.74) is 0.969. The monoisotopic (exact) mass is 477 g/mol. The molecule has 0 saturated carbocycles. The van der Waals surface area contributed by atoms with E-state index in [1.807, 2.05) is 0 Å². The van der Waals surface area contributed by atoms with E-state index in [-0.39, 0.29) is 17.3 Å². The van der Waals surface area contributed by atoms with Gasteiger partial charge in [-0.15, -0.1) is 0 Å². The van der Waals surface area contributed by atoms with Crippen LogP contribution >= 0.6 is 23.2 Å². The van der Waals surface area contributed by atoms with Crippen LogP contribution in [0.25, 0.3) is 0 Å². The Morgan fingerprint density at radius 3 is 2.32 bits per heavy atom. The molecule has 0 saturated heterocycles. The Hall–Kier alpha value is -2.81. The first-order valence-electron chi connectivity index (χ1n) is 9.00. The van der Waals surface area contributed by atoms with Gasteiger partial charge in [-0.05, 0) is 42.0 Å². The summed E-state index contributed by atoms with van der Waals surface area (Å²) < 4.78 is 23.9. The van der Waals surface area contributed by atoms with Crippen LogP contribution in [-0.4, -0.2) is 36.3 Å². The lowest BCUT2D eigenvalue weighted by molar-refractivity contribution is -0.117. The normalized spacial score (nSPS) is 11.2. The number of benzene rings is 2. The van der Waals surface area contributed by atoms with Gasteiger partial charge in [0.2, 0.25) is 11.7 Å². The van der Waals surface area contributed by atoms with Crippen molar-refractivity contribution < 1.29 is 18.0 Å². The SMILES string of the molecule is CS(=O)(=O)c1cccc(N(Cc2ccc(Cl)c(Cl)c2)C(=O)CC(=O)c2ncccn2)c1. The average Bonchev–Trinajstić information content (AvgIpc) is 2.74. The highest BCUT2D eigenvalue weighted by Crippen LogP contribution is 2.26. The summed E-state index contributed by atoms with van der Waals surface area (Å²) in [5.74, 6) is -1.17. The number of carbonyl (C=O) groups is 2. The smallest absolute Gasteiger partial charge is 0.235 e. The molecular weight excluding hydrogens is 461 g/mol. The molecule has 0 aliphatic carbocycles. The highest BCUT2D eigenvalue weighted by atomic mass is 35.5. The van der Waals surface area contributed by atoms with Gasteiger partial charge in [0.05, 0.1) is 27.9 Å². The van der Waals surface area contributed by atoms with Crippen molar-refractivity contribution in [1.82, 2.24) is 9.97 Å². The van der Waals surface area contributed by atoms with Crippen LogP contribution in [-0.2, 0) is 21.2 Å². The third kappa shape index (κ3) is 5.88.